The maximum absolute atomic E-state index is 9.64. The first-order valence-corrected chi connectivity index (χ1v) is 7.29. The van der Waals surface area contributed by atoms with Crippen molar-refractivity contribution in [3.05, 3.63) is 6.33 Å². The summed E-state index contributed by atoms with van der Waals surface area (Å²) in [7, 11) is 0. The second kappa shape index (κ2) is 6.74. The van der Waals surface area contributed by atoms with E-state index in [4.69, 9.17) is 10.5 Å². The fourth-order valence-corrected chi connectivity index (χ4v) is 2.53. The summed E-state index contributed by atoms with van der Waals surface area (Å²) in [6.07, 6.45) is 4.07. The maximum Gasteiger partial charge on any atom is 0.242 e. The minimum atomic E-state index is -0.247. The molecule has 20 heavy (non-hydrogen) atoms. The summed E-state index contributed by atoms with van der Waals surface area (Å²) in [5.41, 5.74) is 6.62. The Labute approximate surface area is 120 Å². The van der Waals surface area contributed by atoms with Crippen LogP contribution in [0.15, 0.2) is 6.33 Å². The molecule has 0 bridgehead atoms. The number of piperidine rings is 1. The SMILES string of the molecule is CCCOc1ncnc(N2CCC(C(C)O)CC2)c1N. The molecule has 6 heteroatoms. The van der Waals surface area contributed by atoms with Crippen LogP contribution in [0.25, 0.3) is 0 Å². The Kier molecular flexibility index (Phi) is 5.00. The first-order chi connectivity index (χ1) is 9.63. The van der Waals surface area contributed by atoms with Crippen LogP contribution in [0.1, 0.15) is 33.1 Å². The third-order valence-corrected chi connectivity index (χ3v) is 3.79. The van der Waals surface area contributed by atoms with Crippen LogP contribution in [-0.4, -0.2) is 40.9 Å². The molecule has 1 saturated heterocycles. The molecule has 0 aromatic carbocycles. The standard InChI is InChI=1S/C14H24N4O2/c1-3-8-20-14-12(15)13(16-9-17-14)18-6-4-11(5-7-18)10(2)19/h9-11,19H,3-8,15H2,1-2H3. The molecule has 0 radical (unpaired) electrons. The largest absolute Gasteiger partial charge is 0.476 e. The predicted octanol–water partition coefficient (Wildman–Crippen LogP) is 1.44. The summed E-state index contributed by atoms with van der Waals surface area (Å²) in [5, 5.41) is 9.64. The van der Waals surface area contributed by atoms with E-state index in [1.807, 2.05) is 13.8 Å². The van der Waals surface area contributed by atoms with Crippen molar-refractivity contribution in [1.29, 1.82) is 0 Å². The molecule has 1 atom stereocenters. The molecular weight excluding hydrogens is 256 g/mol. The van der Waals surface area contributed by atoms with E-state index in [1.54, 1.807) is 0 Å². The van der Waals surface area contributed by atoms with E-state index >= 15 is 0 Å². The van der Waals surface area contributed by atoms with Gasteiger partial charge in [-0.05, 0) is 32.1 Å². The van der Waals surface area contributed by atoms with Gasteiger partial charge >= 0.3 is 0 Å². The summed E-state index contributed by atoms with van der Waals surface area (Å²) in [4.78, 5) is 10.5. The molecule has 1 unspecified atom stereocenters. The third-order valence-electron chi connectivity index (χ3n) is 3.79. The number of hydrogen-bond donors (Lipinski definition) is 2. The van der Waals surface area contributed by atoms with Gasteiger partial charge < -0.3 is 20.5 Å². The number of ether oxygens (including phenoxy) is 1. The third kappa shape index (κ3) is 3.30. The van der Waals surface area contributed by atoms with Crippen molar-refractivity contribution < 1.29 is 9.84 Å². The molecule has 1 aromatic heterocycles. The summed E-state index contributed by atoms with van der Waals surface area (Å²) in [5.74, 6) is 1.58. The fourth-order valence-electron chi connectivity index (χ4n) is 2.53. The van der Waals surface area contributed by atoms with Gasteiger partial charge in [-0.1, -0.05) is 6.92 Å². The van der Waals surface area contributed by atoms with Gasteiger partial charge in [0.2, 0.25) is 5.88 Å². The monoisotopic (exact) mass is 280 g/mol. The number of aliphatic hydroxyl groups is 1. The molecule has 3 N–H and O–H groups in total. The summed E-state index contributed by atoms with van der Waals surface area (Å²) in [6, 6.07) is 0. The highest BCUT2D eigenvalue weighted by Gasteiger charge is 2.25. The summed E-state index contributed by atoms with van der Waals surface area (Å²) in [6.45, 7) is 6.20. The molecule has 1 fully saturated rings. The van der Waals surface area contributed by atoms with Crippen molar-refractivity contribution in [2.24, 2.45) is 5.92 Å². The quantitative estimate of drug-likeness (QED) is 0.849. The molecule has 0 amide bonds. The zero-order chi connectivity index (χ0) is 14.5. The molecule has 1 aromatic rings. The Balaban J connectivity index is 2.06. The molecule has 6 nitrogen and oxygen atoms in total. The lowest BCUT2D eigenvalue weighted by Crippen LogP contribution is -2.37. The fraction of sp³-hybridized carbons (Fsp3) is 0.714. The minimum Gasteiger partial charge on any atom is -0.476 e. The summed E-state index contributed by atoms with van der Waals surface area (Å²) < 4.78 is 5.53. The zero-order valence-corrected chi connectivity index (χ0v) is 12.2. The first kappa shape index (κ1) is 14.8. The highest BCUT2D eigenvalue weighted by Crippen LogP contribution is 2.31. The molecule has 0 aliphatic carbocycles. The molecular formula is C14H24N4O2. The van der Waals surface area contributed by atoms with E-state index in [9.17, 15) is 5.11 Å². The summed E-state index contributed by atoms with van der Waals surface area (Å²) >= 11 is 0. The number of aliphatic hydroxyl groups excluding tert-OH is 1. The molecule has 2 heterocycles. The number of nitrogens with zero attached hydrogens (tertiary/aromatic N) is 3. The Bertz CT molecular complexity index is 431. The van der Waals surface area contributed by atoms with Crippen LogP contribution >= 0.6 is 0 Å². The van der Waals surface area contributed by atoms with Crippen LogP contribution in [-0.2, 0) is 0 Å². The van der Waals surface area contributed by atoms with Crippen molar-refractivity contribution in [2.45, 2.75) is 39.2 Å². The second-order valence-electron chi connectivity index (χ2n) is 5.33. The zero-order valence-electron chi connectivity index (χ0n) is 12.2. The number of anilines is 2. The van der Waals surface area contributed by atoms with Gasteiger partial charge in [-0.25, -0.2) is 4.98 Å². The van der Waals surface area contributed by atoms with Gasteiger partial charge in [0, 0.05) is 13.1 Å². The lowest BCUT2D eigenvalue weighted by atomic mass is 9.92. The van der Waals surface area contributed by atoms with Crippen LogP contribution in [0, 0.1) is 5.92 Å². The van der Waals surface area contributed by atoms with Gasteiger partial charge in [0.15, 0.2) is 5.82 Å². The van der Waals surface area contributed by atoms with Crippen molar-refractivity contribution in [3.8, 4) is 5.88 Å². The predicted molar refractivity (Wildman–Crippen MR) is 78.8 cm³/mol. The number of rotatable bonds is 5. The number of nitrogen functional groups attached to an aromatic ring is 1. The van der Waals surface area contributed by atoms with E-state index in [2.05, 4.69) is 14.9 Å². The van der Waals surface area contributed by atoms with Crippen molar-refractivity contribution in [1.82, 2.24) is 9.97 Å². The topological polar surface area (TPSA) is 84.5 Å². The lowest BCUT2D eigenvalue weighted by Gasteiger charge is -2.34. The molecule has 112 valence electrons. The highest BCUT2D eigenvalue weighted by molar-refractivity contribution is 5.67. The van der Waals surface area contributed by atoms with Gasteiger partial charge in [-0.15, -0.1) is 0 Å². The van der Waals surface area contributed by atoms with Crippen LogP contribution < -0.4 is 15.4 Å². The van der Waals surface area contributed by atoms with Crippen molar-refractivity contribution in [3.63, 3.8) is 0 Å². The Morgan fingerprint density at radius 3 is 2.75 bits per heavy atom. The Morgan fingerprint density at radius 1 is 1.45 bits per heavy atom. The van der Waals surface area contributed by atoms with Crippen LogP contribution in [0.3, 0.4) is 0 Å². The van der Waals surface area contributed by atoms with Gasteiger partial charge in [-0.2, -0.15) is 4.98 Å². The second-order valence-corrected chi connectivity index (χ2v) is 5.33. The molecule has 1 aliphatic rings. The average Bonchev–Trinajstić information content (AvgIpc) is 2.46. The van der Waals surface area contributed by atoms with Gasteiger partial charge in [0.05, 0.1) is 12.7 Å². The number of hydrogen-bond acceptors (Lipinski definition) is 6. The Hall–Kier alpha value is -1.56. The lowest BCUT2D eigenvalue weighted by molar-refractivity contribution is 0.110. The van der Waals surface area contributed by atoms with Crippen LogP contribution in [0.4, 0.5) is 11.5 Å². The van der Waals surface area contributed by atoms with Crippen LogP contribution in [0.5, 0.6) is 5.88 Å². The van der Waals surface area contributed by atoms with E-state index < -0.39 is 0 Å². The van der Waals surface area contributed by atoms with E-state index in [1.165, 1.54) is 6.33 Å². The van der Waals surface area contributed by atoms with E-state index in [0.29, 0.717) is 24.1 Å². The van der Waals surface area contributed by atoms with Gasteiger partial charge in [0.25, 0.3) is 0 Å². The van der Waals surface area contributed by atoms with Gasteiger partial charge in [-0.3, -0.25) is 0 Å². The maximum atomic E-state index is 9.64. The molecule has 0 spiro atoms. The molecule has 2 rings (SSSR count). The molecule has 1 aliphatic heterocycles. The minimum absolute atomic E-state index is 0.247. The Morgan fingerprint density at radius 2 is 2.15 bits per heavy atom. The van der Waals surface area contributed by atoms with Crippen molar-refractivity contribution in [2.75, 3.05) is 30.3 Å². The van der Waals surface area contributed by atoms with E-state index in [-0.39, 0.29) is 6.10 Å². The normalized spacial score (nSPS) is 18.1. The number of nitrogens with two attached hydrogens (primary N) is 1. The highest BCUT2D eigenvalue weighted by atomic mass is 16.5. The van der Waals surface area contributed by atoms with Crippen molar-refractivity contribution >= 4 is 11.5 Å². The average molecular weight is 280 g/mol. The molecule has 0 saturated carbocycles. The van der Waals surface area contributed by atoms with Crippen LogP contribution in [0.2, 0.25) is 0 Å². The van der Waals surface area contributed by atoms with Gasteiger partial charge in [0.1, 0.15) is 12.0 Å². The first-order valence-electron chi connectivity index (χ1n) is 7.29. The smallest absolute Gasteiger partial charge is 0.242 e. The van der Waals surface area contributed by atoms with E-state index in [0.717, 1.165) is 38.2 Å². The number of aromatic nitrogens is 2.